The summed E-state index contributed by atoms with van der Waals surface area (Å²) in [6.07, 6.45) is 6.67. The summed E-state index contributed by atoms with van der Waals surface area (Å²) in [6, 6.07) is 2.92. The second-order valence-corrected chi connectivity index (χ2v) is 5.56. The quantitative estimate of drug-likeness (QED) is 0.888. The largest absolute Gasteiger partial charge is 0.367 e. The molecule has 2 aliphatic rings. The van der Waals surface area contributed by atoms with Crippen LogP contribution >= 0.6 is 0 Å². The summed E-state index contributed by atoms with van der Waals surface area (Å²) >= 11 is 0. The van der Waals surface area contributed by atoms with Crippen LogP contribution in [0, 0.1) is 0 Å². The van der Waals surface area contributed by atoms with Crippen LogP contribution in [0.3, 0.4) is 0 Å². The minimum atomic E-state index is 0.765. The number of nitrogens with zero attached hydrogens (tertiary/aromatic N) is 3. The Bertz CT molecular complexity index is 420. The number of piperazine rings is 1. The Morgan fingerprint density at radius 1 is 1.37 bits per heavy atom. The molecule has 4 nitrogen and oxygen atoms in total. The van der Waals surface area contributed by atoms with Crippen LogP contribution in [-0.4, -0.2) is 48.6 Å². The Balaban J connectivity index is 1.74. The molecule has 3 rings (SSSR count). The zero-order valence-electron chi connectivity index (χ0n) is 11.8. The third-order valence-electron chi connectivity index (χ3n) is 4.38. The van der Waals surface area contributed by atoms with Gasteiger partial charge in [0, 0.05) is 38.4 Å². The maximum absolute atomic E-state index is 4.33. The van der Waals surface area contributed by atoms with Gasteiger partial charge in [0.05, 0.1) is 11.9 Å². The molecule has 104 valence electrons. The van der Waals surface area contributed by atoms with Gasteiger partial charge in [-0.3, -0.25) is 9.88 Å². The Kier molecular flexibility index (Phi) is 3.99. The van der Waals surface area contributed by atoms with E-state index in [9.17, 15) is 0 Å². The van der Waals surface area contributed by atoms with Gasteiger partial charge in [-0.05, 0) is 37.6 Å². The Morgan fingerprint density at radius 3 is 3.21 bits per heavy atom. The summed E-state index contributed by atoms with van der Waals surface area (Å²) in [5, 5.41) is 3.43. The van der Waals surface area contributed by atoms with Crippen molar-refractivity contribution in [1.29, 1.82) is 0 Å². The minimum absolute atomic E-state index is 0.765. The van der Waals surface area contributed by atoms with Crippen molar-refractivity contribution in [2.75, 3.05) is 37.6 Å². The van der Waals surface area contributed by atoms with Gasteiger partial charge in [0.2, 0.25) is 0 Å². The molecule has 0 aromatic carbocycles. The van der Waals surface area contributed by atoms with E-state index in [1.165, 1.54) is 43.7 Å². The number of hydrogen-bond donors (Lipinski definition) is 1. The molecular weight excluding hydrogens is 236 g/mol. The number of nitrogens with one attached hydrogen (secondary N) is 1. The number of aromatic nitrogens is 1. The zero-order valence-corrected chi connectivity index (χ0v) is 11.8. The number of anilines is 1. The molecule has 1 atom stereocenters. The molecule has 4 heteroatoms. The van der Waals surface area contributed by atoms with E-state index in [1.807, 2.05) is 12.4 Å². The third-order valence-corrected chi connectivity index (χ3v) is 4.38. The van der Waals surface area contributed by atoms with Crippen LogP contribution in [0.4, 0.5) is 5.69 Å². The van der Waals surface area contributed by atoms with E-state index in [1.54, 1.807) is 0 Å². The summed E-state index contributed by atoms with van der Waals surface area (Å²) < 4.78 is 0. The zero-order chi connectivity index (χ0) is 13.1. The average molecular weight is 260 g/mol. The molecule has 2 saturated heterocycles. The van der Waals surface area contributed by atoms with E-state index >= 15 is 0 Å². The average Bonchev–Trinajstić information content (AvgIpc) is 2.92. The Labute approximate surface area is 115 Å². The molecule has 0 bridgehead atoms. The van der Waals surface area contributed by atoms with Crippen molar-refractivity contribution >= 4 is 5.69 Å². The van der Waals surface area contributed by atoms with Gasteiger partial charge in [-0.1, -0.05) is 6.92 Å². The maximum atomic E-state index is 4.33. The van der Waals surface area contributed by atoms with Crippen molar-refractivity contribution in [3.8, 4) is 0 Å². The van der Waals surface area contributed by atoms with Crippen molar-refractivity contribution in [2.45, 2.75) is 32.4 Å². The van der Waals surface area contributed by atoms with Crippen molar-refractivity contribution in [1.82, 2.24) is 15.2 Å². The molecule has 0 amide bonds. The molecule has 3 heterocycles. The first-order valence-corrected chi connectivity index (χ1v) is 7.51. The molecule has 2 fully saturated rings. The molecule has 1 aromatic heterocycles. The van der Waals surface area contributed by atoms with Crippen LogP contribution in [0.2, 0.25) is 0 Å². The summed E-state index contributed by atoms with van der Waals surface area (Å²) in [6.45, 7) is 8.93. The summed E-state index contributed by atoms with van der Waals surface area (Å²) in [7, 11) is 0. The molecule has 19 heavy (non-hydrogen) atoms. The monoisotopic (exact) mass is 260 g/mol. The topological polar surface area (TPSA) is 31.4 Å². The van der Waals surface area contributed by atoms with Crippen molar-refractivity contribution < 1.29 is 0 Å². The van der Waals surface area contributed by atoms with Gasteiger partial charge >= 0.3 is 0 Å². The van der Waals surface area contributed by atoms with E-state index in [0.29, 0.717) is 0 Å². The van der Waals surface area contributed by atoms with Gasteiger partial charge in [-0.15, -0.1) is 0 Å². The van der Waals surface area contributed by atoms with Crippen LogP contribution in [0.5, 0.6) is 0 Å². The molecule has 1 aromatic rings. The van der Waals surface area contributed by atoms with E-state index in [0.717, 1.165) is 25.7 Å². The van der Waals surface area contributed by atoms with Crippen LogP contribution in [0.1, 0.15) is 25.3 Å². The van der Waals surface area contributed by atoms with E-state index in [4.69, 9.17) is 0 Å². The van der Waals surface area contributed by atoms with E-state index < -0.39 is 0 Å². The maximum Gasteiger partial charge on any atom is 0.0599 e. The third kappa shape index (κ3) is 2.74. The van der Waals surface area contributed by atoms with Crippen LogP contribution in [0.25, 0.3) is 0 Å². The Morgan fingerprint density at radius 2 is 2.32 bits per heavy atom. The fourth-order valence-corrected chi connectivity index (χ4v) is 3.32. The first-order valence-electron chi connectivity index (χ1n) is 7.51. The first-order chi connectivity index (χ1) is 9.38. The van der Waals surface area contributed by atoms with Gasteiger partial charge in [0.15, 0.2) is 0 Å². The lowest BCUT2D eigenvalue weighted by molar-refractivity contribution is 0.230. The van der Waals surface area contributed by atoms with Crippen molar-refractivity contribution in [2.24, 2.45) is 0 Å². The lowest BCUT2D eigenvalue weighted by Crippen LogP contribution is -2.50. The van der Waals surface area contributed by atoms with Crippen molar-refractivity contribution in [3.63, 3.8) is 0 Å². The van der Waals surface area contributed by atoms with Crippen LogP contribution < -0.4 is 10.2 Å². The highest BCUT2D eigenvalue weighted by atomic mass is 15.3. The highest BCUT2D eigenvalue weighted by Gasteiger charge is 2.31. The minimum Gasteiger partial charge on any atom is -0.367 e. The molecule has 0 radical (unpaired) electrons. The summed E-state index contributed by atoms with van der Waals surface area (Å²) in [4.78, 5) is 9.51. The standard InChI is InChI=1S/C15H24N4/c1-2-16-10-13-5-6-17-11-15(13)19-9-8-18-7-3-4-14(18)12-19/h5-6,11,14,16H,2-4,7-10,12H2,1H3. The molecule has 0 saturated carbocycles. The number of rotatable bonds is 4. The molecule has 0 spiro atoms. The molecule has 1 unspecified atom stereocenters. The van der Waals surface area contributed by atoms with Gasteiger partial charge in [-0.2, -0.15) is 0 Å². The first kappa shape index (κ1) is 12.9. The Hall–Kier alpha value is -1.13. The van der Waals surface area contributed by atoms with Crippen LogP contribution in [-0.2, 0) is 6.54 Å². The fourth-order valence-electron chi connectivity index (χ4n) is 3.32. The SMILES string of the molecule is CCNCc1ccncc1N1CCN2CCCC2C1. The number of hydrogen-bond acceptors (Lipinski definition) is 4. The highest BCUT2D eigenvalue weighted by Crippen LogP contribution is 2.27. The number of pyridine rings is 1. The smallest absolute Gasteiger partial charge is 0.0599 e. The van der Waals surface area contributed by atoms with Crippen LogP contribution in [0.15, 0.2) is 18.5 Å². The van der Waals surface area contributed by atoms with Gasteiger partial charge in [0.25, 0.3) is 0 Å². The molecule has 1 N–H and O–H groups in total. The highest BCUT2D eigenvalue weighted by molar-refractivity contribution is 5.52. The van der Waals surface area contributed by atoms with Gasteiger partial charge < -0.3 is 10.2 Å². The summed E-state index contributed by atoms with van der Waals surface area (Å²) in [5.41, 5.74) is 2.71. The fraction of sp³-hybridized carbons (Fsp3) is 0.667. The van der Waals surface area contributed by atoms with Gasteiger partial charge in [-0.25, -0.2) is 0 Å². The summed E-state index contributed by atoms with van der Waals surface area (Å²) in [5.74, 6) is 0. The lowest BCUT2D eigenvalue weighted by Gasteiger charge is -2.39. The van der Waals surface area contributed by atoms with E-state index in [-0.39, 0.29) is 0 Å². The molecule has 0 aliphatic carbocycles. The van der Waals surface area contributed by atoms with Gasteiger partial charge in [0.1, 0.15) is 0 Å². The predicted molar refractivity (Wildman–Crippen MR) is 78.4 cm³/mol. The number of fused-ring (bicyclic) bond motifs is 1. The normalized spacial score (nSPS) is 23.6. The lowest BCUT2D eigenvalue weighted by atomic mass is 10.1. The van der Waals surface area contributed by atoms with Crippen molar-refractivity contribution in [3.05, 3.63) is 24.0 Å². The second-order valence-electron chi connectivity index (χ2n) is 5.56. The van der Waals surface area contributed by atoms with E-state index in [2.05, 4.69) is 33.1 Å². The molecule has 2 aliphatic heterocycles. The predicted octanol–water partition coefficient (Wildman–Crippen LogP) is 1.48. The second kappa shape index (κ2) is 5.88. The molecular formula is C15H24N4.